The van der Waals surface area contributed by atoms with Gasteiger partial charge in [0.2, 0.25) is 0 Å². The predicted molar refractivity (Wildman–Crippen MR) is 140 cm³/mol. The number of nitrogens with zero attached hydrogens (tertiary/aromatic N) is 2. The van der Waals surface area contributed by atoms with Crippen molar-refractivity contribution in [3.05, 3.63) is 111 Å². The van der Waals surface area contributed by atoms with E-state index in [-0.39, 0.29) is 11.0 Å². The van der Waals surface area contributed by atoms with E-state index in [2.05, 4.69) is 67.6 Å². The summed E-state index contributed by atoms with van der Waals surface area (Å²) in [6.07, 6.45) is 5.43. The Bertz CT molecular complexity index is 1420. The lowest BCUT2D eigenvalue weighted by atomic mass is 9.68. The minimum atomic E-state index is -0.0953. The Hall–Kier alpha value is -3.11. The highest BCUT2D eigenvalue weighted by Gasteiger charge is 2.44. The summed E-state index contributed by atoms with van der Waals surface area (Å²) in [4.78, 5) is 19.7. The molecule has 1 saturated carbocycles. The molecule has 4 aromatic rings. The van der Waals surface area contributed by atoms with Crippen molar-refractivity contribution in [2.75, 3.05) is 0 Å². The minimum Gasteiger partial charge on any atom is -0.268 e. The Labute approximate surface area is 204 Å². The summed E-state index contributed by atoms with van der Waals surface area (Å²) in [6.45, 7) is 2.08. The second-order valence-corrected chi connectivity index (χ2v) is 10.6. The van der Waals surface area contributed by atoms with Crippen LogP contribution in [0.4, 0.5) is 0 Å². The molecule has 1 fully saturated rings. The van der Waals surface area contributed by atoms with E-state index in [4.69, 9.17) is 4.98 Å². The number of fused-ring (bicyclic) bond motifs is 4. The third kappa shape index (κ3) is 3.61. The summed E-state index contributed by atoms with van der Waals surface area (Å²) >= 11 is 1.65. The summed E-state index contributed by atoms with van der Waals surface area (Å²) in [6, 6.07) is 27.2. The second-order valence-electron chi connectivity index (χ2n) is 9.69. The zero-order valence-corrected chi connectivity index (χ0v) is 20.3. The lowest BCUT2D eigenvalue weighted by Gasteiger charge is -2.36. The van der Waals surface area contributed by atoms with E-state index in [1.165, 1.54) is 24.0 Å². The zero-order chi connectivity index (χ0) is 23.1. The standard InChI is InChI=1S/C30H28N2OS/c1-21-10-9-14-24(18-21)32-28(33)26-27(31-29(32)34-20-22-11-3-2-4-12-22)25-15-6-5-13-23(25)19-30(26)16-7-8-17-30/h2-6,9-15,18H,7-8,16-17,19-20H2,1H3. The molecule has 3 aromatic carbocycles. The largest absolute Gasteiger partial charge is 0.268 e. The van der Waals surface area contributed by atoms with Gasteiger partial charge in [-0.15, -0.1) is 0 Å². The van der Waals surface area contributed by atoms with E-state index in [1.54, 1.807) is 11.8 Å². The van der Waals surface area contributed by atoms with E-state index in [0.717, 1.165) is 58.2 Å². The molecule has 1 heterocycles. The molecule has 0 aliphatic heterocycles. The summed E-state index contributed by atoms with van der Waals surface area (Å²) < 4.78 is 1.88. The molecule has 0 N–H and O–H groups in total. The highest BCUT2D eigenvalue weighted by molar-refractivity contribution is 7.98. The van der Waals surface area contributed by atoms with Crippen LogP contribution in [0, 0.1) is 6.92 Å². The van der Waals surface area contributed by atoms with Crippen LogP contribution >= 0.6 is 11.8 Å². The topological polar surface area (TPSA) is 34.9 Å². The van der Waals surface area contributed by atoms with Crippen molar-refractivity contribution in [2.24, 2.45) is 0 Å². The molecule has 2 aliphatic rings. The van der Waals surface area contributed by atoms with Crippen LogP contribution in [-0.4, -0.2) is 9.55 Å². The molecular formula is C30H28N2OS. The van der Waals surface area contributed by atoms with Gasteiger partial charge in [0.25, 0.3) is 5.56 Å². The van der Waals surface area contributed by atoms with Gasteiger partial charge in [0.1, 0.15) is 0 Å². The SMILES string of the molecule is Cc1cccc(-n2c(SCc3ccccc3)nc3c(c2=O)C2(CCCC2)Cc2ccccc2-3)c1. The number of aromatic nitrogens is 2. The van der Waals surface area contributed by atoms with Gasteiger partial charge >= 0.3 is 0 Å². The fourth-order valence-electron chi connectivity index (χ4n) is 5.83. The van der Waals surface area contributed by atoms with Crippen molar-refractivity contribution >= 4 is 11.8 Å². The van der Waals surface area contributed by atoms with Crippen LogP contribution in [0.25, 0.3) is 16.9 Å². The summed E-state index contributed by atoms with van der Waals surface area (Å²) in [5.41, 5.74) is 7.60. The molecule has 0 atom stereocenters. The minimum absolute atomic E-state index is 0.0953. The number of aryl methyl sites for hydroxylation is 1. The molecule has 0 radical (unpaired) electrons. The second kappa shape index (κ2) is 8.59. The van der Waals surface area contributed by atoms with Crippen molar-refractivity contribution in [1.82, 2.24) is 9.55 Å². The summed E-state index contributed by atoms with van der Waals surface area (Å²) in [5.74, 6) is 0.769. The molecule has 0 unspecified atom stereocenters. The maximum Gasteiger partial charge on any atom is 0.263 e. The van der Waals surface area contributed by atoms with Gasteiger partial charge in [-0.1, -0.05) is 91.3 Å². The summed E-state index contributed by atoms with van der Waals surface area (Å²) in [7, 11) is 0. The van der Waals surface area contributed by atoms with Gasteiger partial charge in [0, 0.05) is 16.7 Å². The molecule has 4 heteroatoms. The molecule has 1 spiro atoms. The molecule has 6 rings (SSSR count). The van der Waals surface area contributed by atoms with Crippen LogP contribution in [0.2, 0.25) is 0 Å². The lowest BCUT2D eigenvalue weighted by molar-refractivity contribution is 0.422. The van der Waals surface area contributed by atoms with E-state index in [0.29, 0.717) is 0 Å². The number of benzene rings is 3. The molecule has 1 aromatic heterocycles. The summed E-state index contributed by atoms with van der Waals surface area (Å²) in [5, 5.41) is 0.767. The van der Waals surface area contributed by atoms with E-state index >= 15 is 0 Å². The van der Waals surface area contributed by atoms with E-state index in [1.807, 2.05) is 22.8 Å². The van der Waals surface area contributed by atoms with Gasteiger partial charge in [-0.3, -0.25) is 9.36 Å². The fourth-order valence-corrected chi connectivity index (χ4v) is 6.79. The fraction of sp³-hybridized carbons (Fsp3) is 0.267. The van der Waals surface area contributed by atoms with Crippen molar-refractivity contribution < 1.29 is 0 Å². The van der Waals surface area contributed by atoms with Crippen molar-refractivity contribution in [1.29, 1.82) is 0 Å². The van der Waals surface area contributed by atoms with Gasteiger partial charge < -0.3 is 0 Å². The Morgan fingerprint density at radius 1 is 0.941 bits per heavy atom. The molecule has 0 amide bonds. The number of hydrogen-bond acceptors (Lipinski definition) is 3. The third-order valence-electron chi connectivity index (χ3n) is 7.42. The van der Waals surface area contributed by atoms with Crippen LogP contribution in [0.5, 0.6) is 0 Å². The van der Waals surface area contributed by atoms with Crippen molar-refractivity contribution in [3.8, 4) is 16.9 Å². The van der Waals surface area contributed by atoms with Gasteiger partial charge in [0.15, 0.2) is 5.16 Å². The van der Waals surface area contributed by atoms with Crippen LogP contribution in [-0.2, 0) is 17.6 Å². The molecule has 34 heavy (non-hydrogen) atoms. The average molecular weight is 465 g/mol. The number of thioether (sulfide) groups is 1. The Morgan fingerprint density at radius 3 is 2.50 bits per heavy atom. The van der Waals surface area contributed by atoms with Crippen molar-refractivity contribution in [3.63, 3.8) is 0 Å². The van der Waals surface area contributed by atoms with Gasteiger partial charge in [-0.2, -0.15) is 0 Å². The first-order chi connectivity index (χ1) is 16.6. The Morgan fingerprint density at radius 2 is 1.71 bits per heavy atom. The number of hydrogen-bond donors (Lipinski definition) is 0. The van der Waals surface area contributed by atoms with E-state index < -0.39 is 0 Å². The normalized spacial score (nSPS) is 15.8. The van der Waals surface area contributed by atoms with Crippen LogP contribution in [0.1, 0.15) is 47.9 Å². The first-order valence-corrected chi connectivity index (χ1v) is 13.1. The number of rotatable bonds is 4. The van der Waals surface area contributed by atoms with Gasteiger partial charge in [-0.25, -0.2) is 4.98 Å². The van der Waals surface area contributed by atoms with Gasteiger partial charge in [0.05, 0.1) is 16.9 Å². The highest BCUT2D eigenvalue weighted by Crippen LogP contribution is 2.50. The quantitative estimate of drug-likeness (QED) is 0.244. The van der Waals surface area contributed by atoms with Gasteiger partial charge in [-0.05, 0) is 55.0 Å². The maximum atomic E-state index is 14.4. The van der Waals surface area contributed by atoms with Crippen LogP contribution in [0.15, 0.2) is 88.8 Å². The Balaban J connectivity index is 1.60. The monoisotopic (exact) mass is 464 g/mol. The Kier molecular flexibility index (Phi) is 5.41. The van der Waals surface area contributed by atoms with E-state index in [9.17, 15) is 4.79 Å². The smallest absolute Gasteiger partial charge is 0.263 e. The third-order valence-corrected chi connectivity index (χ3v) is 8.43. The molecular weight excluding hydrogens is 436 g/mol. The average Bonchev–Trinajstić information content (AvgIpc) is 3.31. The highest BCUT2D eigenvalue weighted by atomic mass is 32.2. The molecule has 170 valence electrons. The molecule has 2 aliphatic carbocycles. The molecule has 0 saturated heterocycles. The van der Waals surface area contributed by atoms with Crippen molar-refractivity contribution in [2.45, 2.75) is 55.4 Å². The maximum absolute atomic E-state index is 14.4. The lowest BCUT2D eigenvalue weighted by Crippen LogP contribution is -2.40. The van der Waals surface area contributed by atoms with Crippen LogP contribution in [0.3, 0.4) is 0 Å². The predicted octanol–water partition coefficient (Wildman–Crippen LogP) is 6.87. The molecule has 0 bridgehead atoms. The first kappa shape index (κ1) is 21.4. The molecule has 3 nitrogen and oxygen atoms in total. The van der Waals surface area contributed by atoms with Crippen LogP contribution < -0.4 is 5.56 Å². The zero-order valence-electron chi connectivity index (χ0n) is 19.5. The first-order valence-electron chi connectivity index (χ1n) is 12.1.